The van der Waals surface area contributed by atoms with E-state index in [4.69, 9.17) is 0 Å². The van der Waals surface area contributed by atoms with E-state index in [1.807, 2.05) is 0 Å². The first-order chi connectivity index (χ1) is 7.09. The zero-order valence-electron chi connectivity index (χ0n) is 10.4. The number of benzene rings is 1. The van der Waals surface area contributed by atoms with Crippen LogP contribution in [-0.2, 0) is 0 Å². The normalized spacial score (nSPS) is 13.1. The summed E-state index contributed by atoms with van der Waals surface area (Å²) in [5.41, 5.74) is 2.73. The predicted octanol–water partition coefficient (Wildman–Crippen LogP) is 3.69. The highest BCUT2D eigenvalue weighted by atomic mass is 14.9. The van der Waals surface area contributed by atoms with Gasteiger partial charge < -0.3 is 5.32 Å². The summed E-state index contributed by atoms with van der Waals surface area (Å²) < 4.78 is 0. The molecule has 0 saturated heterocycles. The lowest BCUT2D eigenvalue weighted by atomic mass is 10.1. The van der Waals surface area contributed by atoms with E-state index in [1.165, 1.54) is 17.5 Å². The minimum Gasteiger partial charge on any atom is -0.310 e. The molecule has 1 atom stereocenters. The average molecular weight is 205 g/mol. The van der Waals surface area contributed by atoms with Gasteiger partial charge in [-0.25, -0.2) is 0 Å². The molecule has 84 valence electrons. The van der Waals surface area contributed by atoms with Crippen LogP contribution in [0.3, 0.4) is 0 Å². The van der Waals surface area contributed by atoms with Gasteiger partial charge in [0, 0.05) is 6.04 Å². The Bertz CT molecular complexity index is 291. The first-order valence-electron chi connectivity index (χ1n) is 5.89. The van der Waals surface area contributed by atoms with Crippen LogP contribution in [0.5, 0.6) is 0 Å². The summed E-state index contributed by atoms with van der Waals surface area (Å²) in [4.78, 5) is 0. The molecule has 1 aromatic rings. The van der Waals surface area contributed by atoms with E-state index in [0.717, 1.165) is 12.5 Å². The Kier molecular flexibility index (Phi) is 4.83. The Morgan fingerprint density at radius 2 is 1.93 bits per heavy atom. The maximum absolute atomic E-state index is 3.56. The molecule has 0 bridgehead atoms. The van der Waals surface area contributed by atoms with Gasteiger partial charge in [0.2, 0.25) is 0 Å². The molecule has 1 N–H and O–H groups in total. The Balaban J connectivity index is 2.43. The topological polar surface area (TPSA) is 12.0 Å². The van der Waals surface area contributed by atoms with Crippen molar-refractivity contribution in [3.8, 4) is 0 Å². The van der Waals surface area contributed by atoms with Crippen LogP contribution in [0.15, 0.2) is 24.3 Å². The molecule has 0 aliphatic rings. The van der Waals surface area contributed by atoms with Crippen LogP contribution < -0.4 is 5.32 Å². The summed E-state index contributed by atoms with van der Waals surface area (Å²) in [6.07, 6.45) is 1.25. The first kappa shape index (κ1) is 12.3. The van der Waals surface area contributed by atoms with Crippen LogP contribution in [0, 0.1) is 12.8 Å². The molecule has 0 aromatic heterocycles. The first-order valence-corrected chi connectivity index (χ1v) is 5.89. The van der Waals surface area contributed by atoms with Gasteiger partial charge in [-0.3, -0.25) is 0 Å². The molecule has 1 heteroatoms. The van der Waals surface area contributed by atoms with E-state index < -0.39 is 0 Å². The third-order valence-corrected chi connectivity index (χ3v) is 2.71. The van der Waals surface area contributed by atoms with Crippen molar-refractivity contribution in [1.82, 2.24) is 5.32 Å². The monoisotopic (exact) mass is 205 g/mol. The molecule has 0 fully saturated rings. The van der Waals surface area contributed by atoms with Crippen molar-refractivity contribution in [3.63, 3.8) is 0 Å². The fourth-order valence-electron chi connectivity index (χ4n) is 1.65. The summed E-state index contributed by atoms with van der Waals surface area (Å²) in [5, 5.41) is 3.56. The quantitative estimate of drug-likeness (QED) is 0.773. The van der Waals surface area contributed by atoms with E-state index >= 15 is 0 Å². The van der Waals surface area contributed by atoms with Gasteiger partial charge in [-0.15, -0.1) is 0 Å². The Hall–Kier alpha value is -0.820. The lowest BCUT2D eigenvalue weighted by Crippen LogP contribution is -2.20. The molecule has 0 heterocycles. The molecule has 0 amide bonds. The van der Waals surface area contributed by atoms with Crippen molar-refractivity contribution in [2.45, 2.75) is 40.2 Å². The highest BCUT2D eigenvalue weighted by Crippen LogP contribution is 2.13. The van der Waals surface area contributed by atoms with Crippen molar-refractivity contribution in [2.75, 3.05) is 6.54 Å². The Morgan fingerprint density at radius 1 is 1.20 bits per heavy atom. The molecule has 1 rings (SSSR count). The van der Waals surface area contributed by atoms with Gasteiger partial charge in [-0.05, 0) is 38.3 Å². The number of nitrogens with one attached hydrogen (secondary N) is 1. The summed E-state index contributed by atoms with van der Waals surface area (Å²) >= 11 is 0. The van der Waals surface area contributed by atoms with Gasteiger partial charge in [-0.1, -0.05) is 43.7 Å². The summed E-state index contributed by atoms with van der Waals surface area (Å²) in [6.45, 7) is 10.0. The minimum atomic E-state index is 0.462. The van der Waals surface area contributed by atoms with E-state index in [0.29, 0.717) is 6.04 Å². The summed E-state index contributed by atoms with van der Waals surface area (Å²) in [5.74, 6) is 0.780. The van der Waals surface area contributed by atoms with Crippen molar-refractivity contribution in [2.24, 2.45) is 5.92 Å². The lowest BCUT2D eigenvalue weighted by Gasteiger charge is -2.15. The lowest BCUT2D eigenvalue weighted by molar-refractivity contribution is 0.497. The largest absolute Gasteiger partial charge is 0.310 e. The third kappa shape index (κ3) is 4.48. The zero-order valence-corrected chi connectivity index (χ0v) is 10.4. The van der Waals surface area contributed by atoms with Crippen LogP contribution in [0.4, 0.5) is 0 Å². The molecule has 1 nitrogen and oxygen atoms in total. The second kappa shape index (κ2) is 5.92. The van der Waals surface area contributed by atoms with Gasteiger partial charge in [0.05, 0.1) is 0 Å². The van der Waals surface area contributed by atoms with Gasteiger partial charge in [0.15, 0.2) is 0 Å². The van der Waals surface area contributed by atoms with Crippen molar-refractivity contribution >= 4 is 0 Å². The molecule has 0 radical (unpaired) electrons. The maximum Gasteiger partial charge on any atom is 0.0291 e. The van der Waals surface area contributed by atoms with Crippen LogP contribution >= 0.6 is 0 Å². The molecule has 15 heavy (non-hydrogen) atoms. The SMILES string of the molecule is Cc1cccc([C@@H](C)NCCC(C)C)c1. The smallest absolute Gasteiger partial charge is 0.0291 e. The van der Waals surface area contributed by atoms with Crippen LogP contribution in [-0.4, -0.2) is 6.54 Å². The number of rotatable bonds is 5. The Labute approximate surface area is 93.9 Å². The highest BCUT2D eigenvalue weighted by molar-refractivity contribution is 5.24. The van der Waals surface area contributed by atoms with Crippen LogP contribution in [0.2, 0.25) is 0 Å². The third-order valence-electron chi connectivity index (χ3n) is 2.71. The maximum atomic E-state index is 3.56. The Morgan fingerprint density at radius 3 is 2.53 bits per heavy atom. The molecule has 0 unspecified atom stereocenters. The van der Waals surface area contributed by atoms with E-state index in [2.05, 4.69) is 57.3 Å². The summed E-state index contributed by atoms with van der Waals surface area (Å²) in [7, 11) is 0. The highest BCUT2D eigenvalue weighted by Gasteiger charge is 2.04. The number of hydrogen-bond donors (Lipinski definition) is 1. The van der Waals surface area contributed by atoms with Crippen molar-refractivity contribution in [1.29, 1.82) is 0 Å². The van der Waals surface area contributed by atoms with Crippen LogP contribution in [0.25, 0.3) is 0 Å². The van der Waals surface area contributed by atoms with Gasteiger partial charge in [0.25, 0.3) is 0 Å². The van der Waals surface area contributed by atoms with E-state index in [9.17, 15) is 0 Å². The van der Waals surface area contributed by atoms with Crippen LogP contribution in [0.1, 0.15) is 44.4 Å². The van der Waals surface area contributed by atoms with Gasteiger partial charge in [-0.2, -0.15) is 0 Å². The molecular formula is C14H23N. The summed E-state index contributed by atoms with van der Waals surface area (Å²) in [6, 6.07) is 9.19. The average Bonchev–Trinajstić information content (AvgIpc) is 2.17. The fraction of sp³-hybridized carbons (Fsp3) is 0.571. The fourth-order valence-corrected chi connectivity index (χ4v) is 1.65. The van der Waals surface area contributed by atoms with E-state index in [1.54, 1.807) is 0 Å². The van der Waals surface area contributed by atoms with Crippen molar-refractivity contribution in [3.05, 3.63) is 35.4 Å². The number of hydrogen-bond acceptors (Lipinski definition) is 1. The van der Waals surface area contributed by atoms with Gasteiger partial charge in [0.1, 0.15) is 0 Å². The second-order valence-corrected chi connectivity index (χ2v) is 4.77. The predicted molar refractivity (Wildman–Crippen MR) is 67.1 cm³/mol. The molecule has 1 aromatic carbocycles. The minimum absolute atomic E-state index is 0.462. The molecule has 0 saturated carbocycles. The number of aryl methyl sites for hydroxylation is 1. The molecule has 0 aliphatic heterocycles. The molecule has 0 aliphatic carbocycles. The second-order valence-electron chi connectivity index (χ2n) is 4.77. The standard InChI is InChI=1S/C14H23N/c1-11(2)8-9-15-13(4)14-7-5-6-12(3)10-14/h5-7,10-11,13,15H,8-9H2,1-4H3/t13-/m1/s1. The van der Waals surface area contributed by atoms with E-state index in [-0.39, 0.29) is 0 Å². The van der Waals surface area contributed by atoms with Crippen molar-refractivity contribution < 1.29 is 0 Å². The zero-order chi connectivity index (χ0) is 11.3. The molecular weight excluding hydrogens is 182 g/mol. The molecule has 0 spiro atoms. The van der Waals surface area contributed by atoms with Gasteiger partial charge >= 0.3 is 0 Å².